The summed E-state index contributed by atoms with van der Waals surface area (Å²) in [6.07, 6.45) is 0.313. The predicted molar refractivity (Wildman–Crippen MR) is 64.5 cm³/mol. The number of thiazole rings is 1. The molecule has 0 aliphatic rings. The second-order valence-electron chi connectivity index (χ2n) is 3.53. The van der Waals surface area contributed by atoms with Gasteiger partial charge in [0.2, 0.25) is 5.91 Å². The Hall–Kier alpha value is -1.43. The van der Waals surface area contributed by atoms with Crippen molar-refractivity contribution in [3.8, 4) is 0 Å². The molecule has 0 fully saturated rings. The second kappa shape index (κ2) is 7.01. The van der Waals surface area contributed by atoms with Crippen LogP contribution in [0.25, 0.3) is 0 Å². The van der Waals surface area contributed by atoms with Crippen LogP contribution in [0, 0.1) is 0 Å². The molecule has 0 atom stereocenters. The van der Waals surface area contributed by atoms with Crippen LogP contribution >= 0.6 is 11.3 Å². The zero-order valence-corrected chi connectivity index (χ0v) is 10.8. The van der Waals surface area contributed by atoms with Gasteiger partial charge in [-0.1, -0.05) is 0 Å². The van der Waals surface area contributed by atoms with E-state index in [-0.39, 0.29) is 24.7 Å². The summed E-state index contributed by atoms with van der Waals surface area (Å²) >= 11 is 1.49. The Labute approximate surface area is 104 Å². The number of carbonyl (C=O) groups is 2. The first-order chi connectivity index (χ1) is 8.13. The van der Waals surface area contributed by atoms with E-state index in [0.29, 0.717) is 13.2 Å². The third-order valence-electron chi connectivity index (χ3n) is 2.16. The topological polar surface area (TPSA) is 59.5 Å². The molecular formula is C11H16N2O3S. The minimum atomic E-state index is -0.331. The van der Waals surface area contributed by atoms with Crippen molar-refractivity contribution in [2.24, 2.45) is 0 Å². The van der Waals surface area contributed by atoms with Crippen LogP contribution in [0.1, 0.15) is 25.5 Å². The molecule has 1 heterocycles. The fourth-order valence-electron chi connectivity index (χ4n) is 1.28. The lowest BCUT2D eigenvalue weighted by molar-refractivity contribution is -0.145. The van der Waals surface area contributed by atoms with Crippen molar-refractivity contribution >= 4 is 23.2 Å². The fourth-order valence-corrected chi connectivity index (χ4v) is 1.83. The molecular weight excluding hydrogens is 240 g/mol. The zero-order valence-electron chi connectivity index (χ0n) is 10.0. The lowest BCUT2D eigenvalue weighted by Crippen LogP contribution is -2.26. The third kappa shape index (κ3) is 4.95. The highest BCUT2D eigenvalue weighted by Crippen LogP contribution is 2.06. The SMILES string of the molecule is CCOC(=O)CCC(=O)N(C)Cc1cscn1. The van der Waals surface area contributed by atoms with Crippen molar-refractivity contribution in [2.45, 2.75) is 26.3 Å². The molecule has 17 heavy (non-hydrogen) atoms. The molecule has 0 aromatic carbocycles. The van der Waals surface area contributed by atoms with Crippen molar-refractivity contribution in [2.75, 3.05) is 13.7 Å². The van der Waals surface area contributed by atoms with Crippen LogP contribution in [0.3, 0.4) is 0 Å². The number of hydrogen-bond acceptors (Lipinski definition) is 5. The molecule has 5 nitrogen and oxygen atoms in total. The van der Waals surface area contributed by atoms with Gasteiger partial charge in [-0.25, -0.2) is 4.98 Å². The predicted octanol–water partition coefficient (Wildman–Crippen LogP) is 1.44. The summed E-state index contributed by atoms with van der Waals surface area (Å²) in [6.45, 7) is 2.57. The van der Waals surface area contributed by atoms with Crippen LogP contribution in [0.4, 0.5) is 0 Å². The molecule has 1 amide bonds. The van der Waals surface area contributed by atoms with Crippen LogP contribution in [0.2, 0.25) is 0 Å². The van der Waals surface area contributed by atoms with Crippen molar-refractivity contribution in [1.29, 1.82) is 0 Å². The Bertz CT molecular complexity index is 365. The summed E-state index contributed by atoms with van der Waals surface area (Å²) in [7, 11) is 1.70. The first kappa shape index (κ1) is 13.6. The van der Waals surface area contributed by atoms with E-state index in [2.05, 4.69) is 4.98 Å². The van der Waals surface area contributed by atoms with Crippen molar-refractivity contribution in [3.63, 3.8) is 0 Å². The quantitative estimate of drug-likeness (QED) is 0.723. The maximum atomic E-state index is 11.7. The van der Waals surface area contributed by atoms with E-state index in [0.717, 1.165) is 5.69 Å². The van der Waals surface area contributed by atoms with Crippen LogP contribution in [0.15, 0.2) is 10.9 Å². The molecule has 0 aliphatic heterocycles. The van der Waals surface area contributed by atoms with E-state index in [9.17, 15) is 9.59 Å². The van der Waals surface area contributed by atoms with Crippen molar-refractivity contribution < 1.29 is 14.3 Å². The molecule has 1 rings (SSSR count). The van der Waals surface area contributed by atoms with Crippen molar-refractivity contribution in [1.82, 2.24) is 9.88 Å². The maximum Gasteiger partial charge on any atom is 0.306 e. The summed E-state index contributed by atoms with van der Waals surface area (Å²) in [5.74, 6) is -0.408. The van der Waals surface area contributed by atoms with Crippen LogP contribution in [-0.4, -0.2) is 35.4 Å². The number of aromatic nitrogens is 1. The summed E-state index contributed by atoms with van der Waals surface area (Å²) in [5, 5.41) is 1.90. The van der Waals surface area contributed by atoms with Gasteiger partial charge in [-0.3, -0.25) is 9.59 Å². The lowest BCUT2D eigenvalue weighted by atomic mass is 10.3. The Morgan fingerprint density at radius 3 is 2.82 bits per heavy atom. The molecule has 94 valence electrons. The molecule has 1 aromatic heterocycles. The molecule has 1 aromatic rings. The van der Waals surface area contributed by atoms with Gasteiger partial charge >= 0.3 is 5.97 Å². The van der Waals surface area contributed by atoms with Gasteiger partial charge in [0.25, 0.3) is 0 Å². The molecule has 0 bridgehead atoms. The molecule has 0 unspecified atom stereocenters. The number of nitrogens with zero attached hydrogens (tertiary/aromatic N) is 2. The van der Waals surface area contributed by atoms with Gasteiger partial charge < -0.3 is 9.64 Å². The van der Waals surface area contributed by atoms with Crippen LogP contribution < -0.4 is 0 Å². The average Bonchev–Trinajstić information content (AvgIpc) is 2.79. The van der Waals surface area contributed by atoms with E-state index in [1.165, 1.54) is 11.3 Å². The third-order valence-corrected chi connectivity index (χ3v) is 2.79. The Morgan fingerprint density at radius 2 is 2.24 bits per heavy atom. The number of esters is 1. The largest absolute Gasteiger partial charge is 0.466 e. The standard InChI is InChI=1S/C11H16N2O3S/c1-3-16-11(15)5-4-10(14)13(2)6-9-7-17-8-12-9/h7-8H,3-6H2,1-2H3. The first-order valence-corrected chi connectivity index (χ1v) is 6.34. The average molecular weight is 256 g/mol. The minimum Gasteiger partial charge on any atom is -0.466 e. The van der Waals surface area contributed by atoms with E-state index in [1.54, 1.807) is 24.4 Å². The molecule has 0 aliphatic carbocycles. The highest BCUT2D eigenvalue weighted by Gasteiger charge is 2.12. The summed E-state index contributed by atoms with van der Waals surface area (Å²) in [6, 6.07) is 0. The number of rotatable bonds is 6. The smallest absolute Gasteiger partial charge is 0.306 e. The molecule has 0 saturated carbocycles. The van der Waals surface area contributed by atoms with Gasteiger partial charge in [-0.15, -0.1) is 11.3 Å². The van der Waals surface area contributed by atoms with Gasteiger partial charge in [-0.2, -0.15) is 0 Å². The molecule has 0 radical (unpaired) electrons. The van der Waals surface area contributed by atoms with Crippen LogP contribution in [-0.2, 0) is 20.9 Å². The lowest BCUT2D eigenvalue weighted by Gasteiger charge is -2.15. The molecule has 0 spiro atoms. The number of ether oxygens (including phenoxy) is 1. The molecule has 6 heteroatoms. The van der Waals surface area contributed by atoms with Gasteiger partial charge in [0.15, 0.2) is 0 Å². The Balaban J connectivity index is 2.29. The molecule has 0 saturated heterocycles. The number of carbonyl (C=O) groups excluding carboxylic acids is 2. The minimum absolute atomic E-state index is 0.0777. The summed E-state index contributed by atoms with van der Waals surface area (Å²) in [5.41, 5.74) is 2.59. The van der Waals surface area contributed by atoms with E-state index in [1.807, 2.05) is 5.38 Å². The van der Waals surface area contributed by atoms with Gasteiger partial charge in [0, 0.05) is 18.8 Å². The highest BCUT2D eigenvalue weighted by atomic mass is 32.1. The monoisotopic (exact) mass is 256 g/mol. The number of hydrogen-bond donors (Lipinski definition) is 0. The summed E-state index contributed by atoms with van der Waals surface area (Å²) in [4.78, 5) is 28.4. The van der Waals surface area contributed by atoms with Gasteiger partial charge in [-0.05, 0) is 6.92 Å². The maximum absolute atomic E-state index is 11.7. The Morgan fingerprint density at radius 1 is 1.47 bits per heavy atom. The van der Waals surface area contributed by atoms with Gasteiger partial charge in [0.05, 0.1) is 30.8 Å². The second-order valence-corrected chi connectivity index (χ2v) is 4.25. The number of amides is 1. The fraction of sp³-hybridized carbons (Fsp3) is 0.545. The van der Waals surface area contributed by atoms with Crippen LogP contribution in [0.5, 0.6) is 0 Å². The normalized spacial score (nSPS) is 10.0. The Kier molecular flexibility index (Phi) is 5.62. The highest BCUT2D eigenvalue weighted by molar-refractivity contribution is 7.07. The van der Waals surface area contributed by atoms with E-state index in [4.69, 9.17) is 4.74 Å². The molecule has 0 N–H and O–H groups in total. The van der Waals surface area contributed by atoms with E-state index < -0.39 is 0 Å². The zero-order chi connectivity index (χ0) is 12.7. The summed E-state index contributed by atoms with van der Waals surface area (Å²) < 4.78 is 4.76. The van der Waals surface area contributed by atoms with E-state index >= 15 is 0 Å². The van der Waals surface area contributed by atoms with Gasteiger partial charge in [0.1, 0.15) is 0 Å². The van der Waals surface area contributed by atoms with Crippen molar-refractivity contribution in [3.05, 3.63) is 16.6 Å². The first-order valence-electron chi connectivity index (χ1n) is 5.40.